The van der Waals surface area contributed by atoms with Crippen molar-refractivity contribution in [3.8, 4) is 0 Å². The Hall–Kier alpha value is -2.24. The fraction of sp³-hybridized carbons (Fsp3) is 0.300. The number of anilines is 1. The van der Waals surface area contributed by atoms with Gasteiger partial charge in [0.15, 0.2) is 0 Å². The molecule has 2 aromatic carbocycles. The van der Waals surface area contributed by atoms with Crippen LogP contribution >= 0.6 is 23.2 Å². The number of aryl methyl sites for hydroxylation is 1. The molecule has 0 bridgehead atoms. The van der Waals surface area contributed by atoms with Gasteiger partial charge in [0.25, 0.3) is 0 Å². The molecule has 0 radical (unpaired) electrons. The first-order valence-corrected chi connectivity index (χ1v) is 9.47. The average molecular weight is 408 g/mol. The fourth-order valence-electron chi connectivity index (χ4n) is 2.41. The molecule has 144 valence electrons. The maximum Gasteiger partial charge on any atom is 0.319 e. The summed E-state index contributed by atoms with van der Waals surface area (Å²) < 4.78 is 0. The first-order valence-electron chi connectivity index (χ1n) is 8.71. The second-order valence-corrected chi connectivity index (χ2v) is 7.22. The summed E-state index contributed by atoms with van der Waals surface area (Å²) in [5.74, 6) is -0.0652. The molecule has 3 N–H and O–H groups in total. The molecule has 3 amide bonds. The third kappa shape index (κ3) is 7.12. The molecule has 27 heavy (non-hydrogen) atoms. The molecule has 0 unspecified atom stereocenters. The van der Waals surface area contributed by atoms with Crippen LogP contribution in [-0.2, 0) is 17.8 Å². The Balaban J connectivity index is 1.78. The molecule has 0 aromatic heterocycles. The number of hydrogen-bond acceptors (Lipinski definition) is 2. The van der Waals surface area contributed by atoms with Gasteiger partial charge >= 0.3 is 6.03 Å². The largest absolute Gasteiger partial charge is 0.352 e. The van der Waals surface area contributed by atoms with Gasteiger partial charge < -0.3 is 16.0 Å². The van der Waals surface area contributed by atoms with Gasteiger partial charge in [0.05, 0.1) is 10.0 Å². The topological polar surface area (TPSA) is 70.2 Å². The second kappa shape index (κ2) is 10.2. The lowest BCUT2D eigenvalue weighted by Crippen LogP contribution is -2.34. The van der Waals surface area contributed by atoms with Crippen molar-refractivity contribution in [2.45, 2.75) is 39.3 Å². The van der Waals surface area contributed by atoms with E-state index in [0.717, 1.165) is 11.1 Å². The minimum atomic E-state index is -0.245. The standard InChI is InChI=1S/C20H23Cl2N3O2/c1-13(2)24-20(27)25-16-9-6-14(7-10-16)12-23-18(26)11-8-15-4-3-5-17(21)19(15)22/h3-7,9-10,13H,8,11-12H2,1-2H3,(H,23,26)(H2,24,25,27). The Kier molecular flexibility index (Phi) is 7.95. The van der Waals surface area contributed by atoms with Crippen molar-refractivity contribution in [2.75, 3.05) is 5.32 Å². The van der Waals surface area contributed by atoms with E-state index in [4.69, 9.17) is 23.2 Å². The molecular formula is C20H23Cl2N3O2. The van der Waals surface area contributed by atoms with Crippen LogP contribution in [0.2, 0.25) is 10.0 Å². The smallest absolute Gasteiger partial charge is 0.319 e. The highest BCUT2D eigenvalue weighted by molar-refractivity contribution is 6.42. The van der Waals surface area contributed by atoms with Crippen LogP contribution in [0.25, 0.3) is 0 Å². The van der Waals surface area contributed by atoms with Gasteiger partial charge in [-0.2, -0.15) is 0 Å². The van der Waals surface area contributed by atoms with Gasteiger partial charge in [-0.05, 0) is 49.6 Å². The molecule has 0 atom stereocenters. The molecule has 2 rings (SSSR count). The Bertz CT molecular complexity index is 792. The van der Waals surface area contributed by atoms with Crippen molar-refractivity contribution in [2.24, 2.45) is 0 Å². The van der Waals surface area contributed by atoms with Crippen LogP contribution in [0.5, 0.6) is 0 Å². The van der Waals surface area contributed by atoms with Crippen LogP contribution in [0.3, 0.4) is 0 Å². The van der Waals surface area contributed by atoms with Gasteiger partial charge in [-0.25, -0.2) is 4.79 Å². The van der Waals surface area contributed by atoms with E-state index in [-0.39, 0.29) is 18.0 Å². The van der Waals surface area contributed by atoms with Crippen molar-refractivity contribution >= 4 is 40.8 Å². The summed E-state index contributed by atoms with van der Waals surface area (Å²) in [5, 5.41) is 9.37. The fourth-order valence-corrected chi connectivity index (χ4v) is 2.83. The van der Waals surface area contributed by atoms with Gasteiger partial charge in [-0.3, -0.25) is 4.79 Å². The van der Waals surface area contributed by atoms with Crippen LogP contribution in [0.15, 0.2) is 42.5 Å². The molecule has 0 heterocycles. The zero-order chi connectivity index (χ0) is 19.8. The highest BCUT2D eigenvalue weighted by Crippen LogP contribution is 2.26. The summed E-state index contributed by atoms with van der Waals surface area (Å²) >= 11 is 12.1. The van der Waals surface area contributed by atoms with E-state index in [1.807, 2.05) is 38.1 Å². The minimum absolute atomic E-state index is 0.0652. The zero-order valence-electron chi connectivity index (χ0n) is 15.3. The van der Waals surface area contributed by atoms with Gasteiger partial charge in [0, 0.05) is 24.7 Å². The molecule has 7 heteroatoms. The maximum absolute atomic E-state index is 12.0. The van der Waals surface area contributed by atoms with Crippen molar-refractivity contribution < 1.29 is 9.59 Å². The molecule has 0 aliphatic rings. The molecule has 0 aliphatic heterocycles. The number of benzene rings is 2. The number of rotatable bonds is 7. The van der Waals surface area contributed by atoms with Gasteiger partial charge in [0.2, 0.25) is 5.91 Å². The molecule has 0 saturated heterocycles. The van der Waals surface area contributed by atoms with Crippen molar-refractivity contribution in [1.82, 2.24) is 10.6 Å². The second-order valence-electron chi connectivity index (χ2n) is 6.44. The lowest BCUT2D eigenvalue weighted by atomic mass is 10.1. The normalized spacial score (nSPS) is 10.6. The molecule has 2 aromatic rings. The predicted octanol–water partition coefficient (Wildman–Crippen LogP) is 4.77. The van der Waals surface area contributed by atoms with Gasteiger partial charge in [-0.1, -0.05) is 47.5 Å². The quantitative estimate of drug-likeness (QED) is 0.618. The molecule has 0 aliphatic carbocycles. The molecular weight excluding hydrogens is 385 g/mol. The van der Waals surface area contributed by atoms with Crippen LogP contribution in [0.1, 0.15) is 31.4 Å². The summed E-state index contributed by atoms with van der Waals surface area (Å²) in [6.45, 7) is 4.21. The van der Waals surface area contributed by atoms with Crippen LogP contribution in [0, 0.1) is 0 Å². The van der Waals surface area contributed by atoms with E-state index in [0.29, 0.717) is 35.1 Å². The third-order valence-electron chi connectivity index (χ3n) is 3.77. The molecule has 5 nitrogen and oxygen atoms in total. The lowest BCUT2D eigenvalue weighted by Gasteiger charge is -2.11. The Labute approximate surface area is 169 Å². The van der Waals surface area contributed by atoms with Crippen LogP contribution in [-0.4, -0.2) is 18.0 Å². The van der Waals surface area contributed by atoms with Crippen molar-refractivity contribution in [3.63, 3.8) is 0 Å². The Morgan fingerprint density at radius 3 is 2.41 bits per heavy atom. The number of urea groups is 1. The van der Waals surface area contributed by atoms with Gasteiger partial charge in [-0.15, -0.1) is 0 Å². The summed E-state index contributed by atoms with van der Waals surface area (Å²) in [4.78, 5) is 23.7. The number of halogens is 2. The lowest BCUT2D eigenvalue weighted by molar-refractivity contribution is -0.121. The third-order valence-corrected chi connectivity index (χ3v) is 4.63. The molecule has 0 saturated carbocycles. The molecule has 0 fully saturated rings. The summed E-state index contributed by atoms with van der Waals surface area (Å²) in [7, 11) is 0. The highest BCUT2D eigenvalue weighted by Gasteiger charge is 2.08. The average Bonchev–Trinajstić information content (AvgIpc) is 2.61. The van der Waals surface area contributed by atoms with Crippen molar-refractivity contribution in [3.05, 3.63) is 63.6 Å². The molecule has 0 spiro atoms. The zero-order valence-corrected chi connectivity index (χ0v) is 16.8. The summed E-state index contributed by atoms with van der Waals surface area (Å²) in [5.41, 5.74) is 2.49. The number of nitrogens with one attached hydrogen (secondary N) is 3. The van der Waals surface area contributed by atoms with Crippen molar-refractivity contribution in [1.29, 1.82) is 0 Å². The summed E-state index contributed by atoms with van der Waals surface area (Å²) in [6, 6.07) is 12.5. The Morgan fingerprint density at radius 2 is 1.74 bits per heavy atom. The number of carbonyl (C=O) groups excluding carboxylic acids is 2. The number of hydrogen-bond donors (Lipinski definition) is 3. The van der Waals surface area contributed by atoms with E-state index in [1.54, 1.807) is 18.2 Å². The first kappa shape index (κ1) is 21.1. The number of carbonyl (C=O) groups is 2. The van der Waals surface area contributed by atoms with E-state index in [9.17, 15) is 9.59 Å². The minimum Gasteiger partial charge on any atom is -0.352 e. The maximum atomic E-state index is 12.0. The van der Waals surface area contributed by atoms with E-state index >= 15 is 0 Å². The van der Waals surface area contributed by atoms with E-state index < -0.39 is 0 Å². The highest BCUT2D eigenvalue weighted by atomic mass is 35.5. The van der Waals surface area contributed by atoms with Gasteiger partial charge in [0.1, 0.15) is 0 Å². The van der Waals surface area contributed by atoms with Crippen LogP contribution < -0.4 is 16.0 Å². The predicted molar refractivity (Wildman–Crippen MR) is 110 cm³/mol. The first-order chi connectivity index (χ1) is 12.8. The van der Waals surface area contributed by atoms with E-state index in [1.165, 1.54) is 0 Å². The SMILES string of the molecule is CC(C)NC(=O)Nc1ccc(CNC(=O)CCc2cccc(Cl)c2Cl)cc1. The number of amides is 3. The monoisotopic (exact) mass is 407 g/mol. The summed E-state index contributed by atoms with van der Waals surface area (Å²) in [6.07, 6.45) is 0.855. The Morgan fingerprint density at radius 1 is 1.04 bits per heavy atom. The van der Waals surface area contributed by atoms with Crippen LogP contribution in [0.4, 0.5) is 10.5 Å². The van der Waals surface area contributed by atoms with E-state index in [2.05, 4.69) is 16.0 Å².